The van der Waals surface area contributed by atoms with Crippen LogP contribution in [0.2, 0.25) is 0 Å². The number of methoxy groups -OCH3 is 1. The second-order valence-corrected chi connectivity index (χ2v) is 4.74. The van der Waals surface area contributed by atoms with E-state index in [1.165, 1.54) is 20.0 Å². The second kappa shape index (κ2) is 5.50. The normalized spacial score (nSPS) is 16.9. The Morgan fingerprint density at radius 2 is 2.24 bits per heavy atom. The van der Waals surface area contributed by atoms with E-state index in [9.17, 15) is 4.39 Å². The highest BCUT2D eigenvalue weighted by Gasteiger charge is 2.29. The molecule has 1 fully saturated rings. The Labute approximate surface area is 102 Å². The van der Waals surface area contributed by atoms with Gasteiger partial charge in [-0.05, 0) is 56.3 Å². The van der Waals surface area contributed by atoms with Crippen LogP contribution in [-0.2, 0) is 6.42 Å². The Balaban J connectivity index is 1.91. The summed E-state index contributed by atoms with van der Waals surface area (Å²) in [6, 6.07) is 5.82. The van der Waals surface area contributed by atoms with Crippen molar-refractivity contribution >= 4 is 0 Å². The number of nitrogens with one attached hydrogen (secondary N) is 1. The zero-order valence-electron chi connectivity index (χ0n) is 10.5. The van der Waals surface area contributed by atoms with Gasteiger partial charge in [0.2, 0.25) is 0 Å². The summed E-state index contributed by atoms with van der Waals surface area (Å²) in [6.07, 6.45) is 4.67. The summed E-state index contributed by atoms with van der Waals surface area (Å²) in [6.45, 7) is 0. The highest BCUT2D eigenvalue weighted by atomic mass is 19.1. The molecular formula is C14H20FNO. The zero-order chi connectivity index (χ0) is 12.3. The molecule has 3 heteroatoms. The first-order chi connectivity index (χ1) is 8.24. The molecule has 0 saturated heterocycles. The third-order valence-corrected chi connectivity index (χ3v) is 3.52. The molecule has 94 valence electrons. The first-order valence-electron chi connectivity index (χ1n) is 6.24. The van der Waals surface area contributed by atoms with Crippen molar-refractivity contribution in [3.05, 3.63) is 29.6 Å². The molecule has 1 atom stereocenters. The molecule has 1 aromatic rings. The number of ether oxygens (including phenoxy) is 1. The summed E-state index contributed by atoms with van der Waals surface area (Å²) in [5.74, 6) is 0.890. The van der Waals surface area contributed by atoms with Crippen LogP contribution in [0.5, 0.6) is 5.75 Å². The fourth-order valence-corrected chi connectivity index (χ4v) is 2.30. The van der Waals surface area contributed by atoms with Gasteiger partial charge in [0, 0.05) is 6.04 Å². The van der Waals surface area contributed by atoms with Gasteiger partial charge >= 0.3 is 0 Å². The smallest absolute Gasteiger partial charge is 0.165 e. The second-order valence-electron chi connectivity index (χ2n) is 4.74. The lowest BCUT2D eigenvalue weighted by Crippen LogP contribution is -2.27. The van der Waals surface area contributed by atoms with Crippen LogP contribution in [0.4, 0.5) is 4.39 Å². The van der Waals surface area contributed by atoms with Crippen molar-refractivity contribution in [1.29, 1.82) is 0 Å². The summed E-state index contributed by atoms with van der Waals surface area (Å²) in [4.78, 5) is 0. The van der Waals surface area contributed by atoms with Crippen molar-refractivity contribution in [3.8, 4) is 5.75 Å². The van der Waals surface area contributed by atoms with Gasteiger partial charge in [0.05, 0.1) is 7.11 Å². The van der Waals surface area contributed by atoms with Crippen LogP contribution in [0.3, 0.4) is 0 Å². The summed E-state index contributed by atoms with van der Waals surface area (Å²) in [5, 5.41) is 3.35. The van der Waals surface area contributed by atoms with Crippen molar-refractivity contribution < 1.29 is 9.13 Å². The van der Waals surface area contributed by atoms with E-state index in [4.69, 9.17) is 4.74 Å². The lowest BCUT2D eigenvalue weighted by Gasteiger charge is -2.15. The van der Waals surface area contributed by atoms with Crippen LogP contribution in [-0.4, -0.2) is 20.2 Å². The average Bonchev–Trinajstić information content (AvgIpc) is 3.14. The maximum atomic E-state index is 13.5. The van der Waals surface area contributed by atoms with Crippen molar-refractivity contribution in [2.75, 3.05) is 14.2 Å². The SMILES string of the molecule is CNC(CCc1ccc(OC)c(F)c1)C1CC1. The first-order valence-corrected chi connectivity index (χ1v) is 6.24. The molecule has 0 aromatic heterocycles. The molecule has 1 saturated carbocycles. The standard InChI is InChI=1S/C14H20FNO/c1-16-13(11-5-6-11)7-3-10-4-8-14(17-2)12(15)9-10/h4,8-9,11,13,16H,3,5-7H2,1-2H3. The molecule has 0 radical (unpaired) electrons. The predicted molar refractivity (Wildman–Crippen MR) is 66.8 cm³/mol. The van der Waals surface area contributed by atoms with Gasteiger partial charge in [-0.25, -0.2) is 4.39 Å². The van der Waals surface area contributed by atoms with Crippen LogP contribution in [0.15, 0.2) is 18.2 Å². The van der Waals surface area contributed by atoms with Crippen LogP contribution < -0.4 is 10.1 Å². The fraction of sp³-hybridized carbons (Fsp3) is 0.571. The maximum absolute atomic E-state index is 13.5. The Bertz CT molecular complexity index is 376. The number of hydrogen-bond acceptors (Lipinski definition) is 2. The van der Waals surface area contributed by atoms with Gasteiger partial charge in [0.25, 0.3) is 0 Å². The van der Waals surface area contributed by atoms with Crippen molar-refractivity contribution in [1.82, 2.24) is 5.32 Å². The number of aryl methyl sites for hydroxylation is 1. The monoisotopic (exact) mass is 237 g/mol. The maximum Gasteiger partial charge on any atom is 0.165 e. The molecule has 0 bridgehead atoms. The van der Waals surface area contributed by atoms with Crippen molar-refractivity contribution in [2.45, 2.75) is 31.7 Å². The lowest BCUT2D eigenvalue weighted by atomic mass is 10.0. The van der Waals surface area contributed by atoms with E-state index >= 15 is 0 Å². The van der Waals surface area contributed by atoms with Crippen LogP contribution in [0, 0.1) is 11.7 Å². The predicted octanol–water partition coefficient (Wildman–Crippen LogP) is 2.76. The van der Waals surface area contributed by atoms with E-state index in [-0.39, 0.29) is 5.82 Å². The first kappa shape index (κ1) is 12.4. The van der Waals surface area contributed by atoms with Gasteiger partial charge < -0.3 is 10.1 Å². The molecule has 0 heterocycles. The average molecular weight is 237 g/mol. The minimum atomic E-state index is -0.266. The van der Waals surface area contributed by atoms with Gasteiger partial charge in [0.15, 0.2) is 11.6 Å². The van der Waals surface area contributed by atoms with Gasteiger partial charge in [0.1, 0.15) is 0 Å². The Kier molecular flexibility index (Phi) is 4.00. The van der Waals surface area contributed by atoms with E-state index in [2.05, 4.69) is 5.32 Å². The molecule has 1 aromatic carbocycles. The van der Waals surface area contributed by atoms with Crippen LogP contribution in [0.1, 0.15) is 24.8 Å². The van der Waals surface area contributed by atoms with E-state index in [0.717, 1.165) is 24.3 Å². The van der Waals surface area contributed by atoms with Gasteiger partial charge in [-0.15, -0.1) is 0 Å². The minimum absolute atomic E-state index is 0.266. The third-order valence-electron chi connectivity index (χ3n) is 3.52. The molecule has 17 heavy (non-hydrogen) atoms. The summed E-state index contributed by atoms with van der Waals surface area (Å²) in [5.41, 5.74) is 1.05. The molecule has 0 aliphatic heterocycles. The molecule has 2 rings (SSSR count). The molecule has 1 N–H and O–H groups in total. The molecule has 0 spiro atoms. The fourth-order valence-electron chi connectivity index (χ4n) is 2.30. The Morgan fingerprint density at radius 3 is 2.76 bits per heavy atom. The largest absolute Gasteiger partial charge is 0.494 e. The molecule has 1 unspecified atom stereocenters. The highest BCUT2D eigenvalue weighted by molar-refractivity contribution is 5.29. The molecular weight excluding hydrogens is 217 g/mol. The van der Waals surface area contributed by atoms with E-state index in [1.807, 2.05) is 13.1 Å². The van der Waals surface area contributed by atoms with Crippen molar-refractivity contribution in [2.24, 2.45) is 5.92 Å². The highest BCUT2D eigenvalue weighted by Crippen LogP contribution is 2.34. The summed E-state index contributed by atoms with van der Waals surface area (Å²) >= 11 is 0. The van der Waals surface area contributed by atoms with E-state index in [0.29, 0.717) is 11.8 Å². The van der Waals surface area contributed by atoms with Gasteiger partial charge in [-0.3, -0.25) is 0 Å². The van der Waals surface area contributed by atoms with E-state index in [1.54, 1.807) is 12.1 Å². The Morgan fingerprint density at radius 1 is 1.47 bits per heavy atom. The van der Waals surface area contributed by atoms with Gasteiger partial charge in [-0.1, -0.05) is 6.07 Å². The zero-order valence-corrected chi connectivity index (χ0v) is 10.5. The number of benzene rings is 1. The third kappa shape index (κ3) is 3.19. The number of hydrogen-bond donors (Lipinski definition) is 1. The molecule has 2 nitrogen and oxygen atoms in total. The summed E-state index contributed by atoms with van der Waals surface area (Å²) < 4.78 is 18.4. The van der Waals surface area contributed by atoms with Crippen LogP contribution >= 0.6 is 0 Å². The van der Waals surface area contributed by atoms with E-state index < -0.39 is 0 Å². The number of halogens is 1. The number of rotatable bonds is 6. The molecule has 1 aliphatic carbocycles. The topological polar surface area (TPSA) is 21.3 Å². The quantitative estimate of drug-likeness (QED) is 0.821. The van der Waals surface area contributed by atoms with Crippen molar-refractivity contribution in [3.63, 3.8) is 0 Å². The Hall–Kier alpha value is -1.09. The van der Waals surface area contributed by atoms with Crippen LogP contribution in [0.25, 0.3) is 0 Å². The van der Waals surface area contributed by atoms with Gasteiger partial charge in [-0.2, -0.15) is 0 Å². The minimum Gasteiger partial charge on any atom is -0.494 e. The summed E-state index contributed by atoms with van der Waals surface area (Å²) in [7, 11) is 3.50. The lowest BCUT2D eigenvalue weighted by molar-refractivity contribution is 0.386. The molecule has 1 aliphatic rings. The molecule has 0 amide bonds.